The zero-order valence-corrected chi connectivity index (χ0v) is 8.26. The number of aromatic nitrogens is 3. The first kappa shape index (κ1) is 10.1. The SMILES string of the molecule is O=C(O)c1cn(C2(O)CCCCC2)nn1. The van der Waals surface area contributed by atoms with E-state index >= 15 is 0 Å². The van der Waals surface area contributed by atoms with Gasteiger partial charge in [-0.1, -0.05) is 11.6 Å². The molecule has 2 N–H and O–H groups in total. The van der Waals surface area contributed by atoms with E-state index in [1.807, 2.05) is 0 Å². The predicted octanol–water partition coefficient (Wildman–Crippen LogP) is 0.585. The van der Waals surface area contributed by atoms with Crippen molar-refractivity contribution < 1.29 is 15.0 Å². The molecule has 0 amide bonds. The normalized spacial score (nSPS) is 20.1. The van der Waals surface area contributed by atoms with E-state index in [1.165, 1.54) is 10.9 Å². The molecule has 0 saturated heterocycles. The Bertz CT molecular complexity index is 368. The highest BCUT2D eigenvalue weighted by Crippen LogP contribution is 2.31. The number of carboxylic acid groups (broad SMARTS) is 1. The van der Waals surface area contributed by atoms with Crippen LogP contribution in [0.15, 0.2) is 6.20 Å². The van der Waals surface area contributed by atoms with Gasteiger partial charge in [0.15, 0.2) is 11.4 Å². The lowest BCUT2D eigenvalue weighted by atomic mass is 9.92. The minimum absolute atomic E-state index is 0.131. The summed E-state index contributed by atoms with van der Waals surface area (Å²) in [6.45, 7) is 0. The second kappa shape index (κ2) is 3.62. The van der Waals surface area contributed by atoms with Crippen LogP contribution in [0.5, 0.6) is 0 Å². The molecule has 0 atom stereocenters. The first-order chi connectivity index (χ1) is 7.12. The molecule has 0 radical (unpaired) electrons. The van der Waals surface area contributed by atoms with Gasteiger partial charge in [0.05, 0.1) is 6.20 Å². The van der Waals surface area contributed by atoms with Gasteiger partial charge in [-0.3, -0.25) is 0 Å². The van der Waals surface area contributed by atoms with Crippen molar-refractivity contribution in [3.05, 3.63) is 11.9 Å². The number of hydrogen-bond donors (Lipinski definition) is 2. The van der Waals surface area contributed by atoms with Gasteiger partial charge in [0.1, 0.15) is 0 Å². The third-order valence-electron chi connectivity index (χ3n) is 2.79. The summed E-state index contributed by atoms with van der Waals surface area (Å²) < 4.78 is 1.27. The van der Waals surface area contributed by atoms with Crippen molar-refractivity contribution in [2.24, 2.45) is 0 Å². The molecule has 0 spiro atoms. The van der Waals surface area contributed by atoms with Gasteiger partial charge in [0, 0.05) is 0 Å². The third-order valence-corrected chi connectivity index (χ3v) is 2.79. The van der Waals surface area contributed by atoms with Gasteiger partial charge in [0.25, 0.3) is 0 Å². The molecular weight excluding hydrogens is 198 g/mol. The first-order valence-electron chi connectivity index (χ1n) is 5.00. The quantitative estimate of drug-likeness (QED) is 0.747. The van der Waals surface area contributed by atoms with Gasteiger partial charge < -0.3 is 10.2 Å². The number of hydrogen-bond acceptors (Lipinski definition) is 4. The molecule has 0 bridgehead atoms. The van der Waals surface area contributed by atoms with Crippen molar-refractivity contribution >= 4 is 5.97 Å². The maximum Gasteiger partial charge on any atom is 0.358 e. The molecule has 1 heterocycles. The van der Waals surface area contributed by atoms with Gasteiger partial charge in [-0.05, 0) is 25.7 Å². The fourth-order valence-electron chi connectivity index (χ4n) is 1.91. The topological polar surface area (TPSA) is 88.2 Å². The van der Waals surface area contributed by atoms with Gasteiger partial charge in [-0.15, -0.1) is 5.10 Å². The summed E-state index contributed by atoms with van der Waals surface area (Å²) in [5.41, 5.74) is -1.17. The van der Waals surface area contributed by atoms with Crippen LogP contribution in [0.2, 0.25) is 0 Å². The van der Waals surface area contributed by atoms with Crippen LogP contribution in [-0.2, 0) is 5.72 Å². The van der Waals surface area contributed by atoms with Gasteiger partial charge in [-0.25, -0.2) is 9.48 Å². The predicted molar refractivity (Wildman–Crippen MR) is 50.3 cm³/mol. The summed E-state index contributed by atoms with van der Waals surface area (Å²) in [4.78, 5) is 10.6. The van der Waals surface area contributed by atoms with E-state index in [4.69, 9.17) is 5.11 Å². The molecule has 1 aliphatic rings. The van der Waals surface area contributed by atoms with Gasteiger partial charge >= 0.3 is 5.97 Å². The molecule has 6 heteroatoms. The zero-order valence-electron chi connectivity index (χ0n) is 8.26. The van der Waals surface area contributed by atoms with Crippen LogP contribution in [0.4, 0.5) is 0 Å². The van der Waals surface area contributed by atoms with E-state index in [0.29, 0.717) is 12.8 Å². The Balaban J connectivity index is 2.23. The molecule has 1 fully saturated rings. The lowest BCUT2D eigenvalue weighted by molar-refractivity contribution is -0.0808. The number of rotatable bonds is 2. The molecule has 15 heavy (non-hydrogen) atoms. The van der Waals surface area contributed by atoms with Crippen LogP contribution >= 0.6 is 0 Å². The van der Waals surface area contributed by atoms with Gasteiger partial charge in [-0.2, -0.15) is 0 Å². The maximum atomic E-state index is 10.6. The Labute approximate surface area is 86.5 Å². The molecule has 1 saturated carbocycles. The lowest BCUT2D eigenvalue weighted by Crippen LogP contribution is -2.36. The van der Waals surface area contributed by atoms with Crippen molar-refractivity contribution in [1.82, 2.24) is 15.0 Å². The van der Waals surface area contributed by atoms with Crippen LogP contribution in [0, 0.1) is 0 Å². The molecule has 0 aromatic carbocycles. The number of aromatic carboxylic acids is 1. The van der Waals surface area contributed by atoms with Crippen LogP contribution in [0.25, 0.3) is 0 Å². The molecule has 82 valence electrons. The van der Waals surface area contributed by atoms with Crippen molar-refractivity contribution in [1.29, 1.82) is 0 Å². The molecule has 1 aliphatic carbocycles. The van der Waals surface area contributed by atoms with Crippen LogP contribution < -0.4 is 0 Å². The third kappa shape index (κ3) is 1.85. The lowest BCUT2D eigenvalue weighted by Gasteiger charge is -2.31. The Morgan fingerprint density at radius 1 is 1.40 bits per heavy atom. The fourth-order valence-corrected chi connectivity index (χ4v) is 1.91. The van der Waals surface area contributed by atoms with E-state index in [0.717, 1.165) is 19.3 Å². The molecule has 1 aromatic rings. The van der Waals surface area contributed by atoms with E-state index in [9.17, 15) is 9.90 Å². The maximum absolute atomic E-state index is 10.6. The summed E-state index contributed by atoms with van der Waals surface area (Å²) in [7, 11) is 0. The number of carbonyl (C=O) groups is 1. The van der Waals surface area contributed by atoms with Crippen molar-refractivity contribution in [3.63, 3.8) is 0 Å². The van der Waals surface area contributed by atoms with Gasteiger partial charge in [0.2, 0.25) is 0 Å². The van der Waals surface area contributed by atoms with Crippen molar-refractivity contribution in [2.45, 2.75) is 37.8 Å². The summed E-state index contributed by atoms with van der Waals surface area (Å²) >= 11 is 0. The molecule has 6 nitrogen and oxygen atoms in total. The first-order valence-corrected chi connectivity index (χ1v) is 5.00. The second-order valence-corrected chi connectivity index (χ2v) is 3.90. The van der Waals surface area contributed by atoms with Crippen molar-refractivity contribution in [2.75, 3.05) is 0 Å². The minimum atomic E-state index is -1.12. The molecular formula is C9H13N3O3. The Kier molecular flexibility index (Phi) is 2.44. The fraction of sp³-hybridized carbons (Fsp3) is 0.667. The largest absolute Gasteiger partial charge is 0.476 e. The van der Waals surface area contributed by atoms with E-state index in [2.05, 4.69) is 10.3 Å². The molecule has 0 aliphatic heterocycles. The average molecular weight is 211 g/mol. The van der Waals surface area contributed by atoms with Crippen LogP contribution in [0.3, 0.4) is 0 Å². The smallest absolute Gasteiger partial charge is 0.358 e. The highest BCUT2D eigenvalue weighted by atomic mass is 16.4. The van der Waals surface area contributed by atoms with E-state index in [1.54, 1.807) is 0 Å². The highest BCUT2D eigenvalue weighted by Gasteiger charge is 2.32. The summed E-state index contributed by atoms with van der Waals surface area (Å²) in [5.74, 6) is -1.12. The Morgan fingerprint density at radius 2 is 2.07 bits per heavy atom. The standard InChI is InChI=1S/C9H13N3O3/c13-8(14)7-6-12(11-10-7)9(15)4-2-1-3-5-9/h6,15H,1-5H2,(H,13,14). The molecule has 2 rings (SSSR count). The number of aliphatic hydroxyl groups is 1. The van der Waals surface area contributed by atoms with E-state index < -0.39 is 11.7 Å². The number of carboxylic acids is 1. The highest BCUT2D eigenvalue weighted by molar-refractivity contribution is 5.84. The second-order valence-electron chi connectivity index (χ2n) is 3.90. The van der Waals surface area contributed by atoms with E-state index in [-0.39, 0.29) is 5.69 Å². The molecule has 0 unspecified atom stereocenters. The summed E-state index contributed by atoms with van der Waals surface area (Å²) in [5, 5.41) is 26.0. The molecule has 1 aromatic heterocycles. The monoisotopic (exact) mass is 211 g/mol. The zero-order chi connectivity index (χ0) is 10.9. The minimum Gasteiger partial charge on any atom is -0.476 e. The summed E-state index contributed by atoms with van der Waals surface area (Å²) in [6, 6.07) is 0. The summed E-state index contributed by atoms with van der Waals surface area (Å²) in [6.07, 6.45) is 5.46. The Hall–Kier alpha value is -1.43. The van der Waals surface area contributed by atoms with Crippen LogP contribution in [-0.4, -0.2) is 31.2 Å². The Morgan fingerprint density at radius 3 is 2.60 bits per heavy atom. The van der Waals surface area contributed by atoms with Crippen LogP contribution in [0.1, 0.15) is 42.6 Å². The van der Waals surface area contributed by atoms with Crippen molar-refractivity contribution in [3.8, 4) is 0 Å². The average Bonchev–Trinajstić information content (AvgIpc) is 2.68. The number of nitrogens with zero attached hydrogens (tertiary/aromatic N) is 3.